The molecule has 2 aliphatic heterocycles. The molecule has 1 atom stereocenters. The van der Waals surface area contributed by atoms with Crippen LogP contribution in [-0.4, -0.2) is 49.0 Å². The molecule has 0 radical (unpaired) electrons. The highest BCUT2D eigenvalue weighted by molar-refractivity contribution is 9.09. The van der Waals surface area contributed by atoms with E-state index >= 15 is 0 Å². The third-order valence-corrected chi connectivity index (χ3v) is 11.1. The molecule has 0 bridgehead atoms. The van der Waals surface area contributed by atoms with Crippen molar-refractivity contribution >= 4 is 37.7 Å². The Morgan fingerprint density at radius 1 is 0.739 bits per heavy atom. The lowest BCUT2D eigenvalue weighted by molar-refractivity contribution is 0.240. The minimum Gasteiger partial charge on any atom is -0.344 e. The standard InChI is InChI=1S/C38H38BrFN6/c1-43-18-14-36-32(24-43)30-22-26(8-10-34(30)45(36)20-12-28-6-2-4-16-41-28)38(39)44-19-15-37-33(25-44)31-23-27(40)9-11-35(31)46(37)21-13-29-7-3-5-17-42-29/h2-11,16-17,22-23,38H,12-15,18-21,24-25H2,1H3. The molecule has 0 fully saturated rings. The van der Waals surface area contributed by atoms with Gasteiger partial charge in [0.25, 0.3) is 0 Å². The van der Waals surface area contributed by atoms with Crippen LogP contribution in [0.25, 0.3) is 21.8 Å². The lowest BCUT2D eigenvalue weighted by Crippen LogP contribution is -2.32. The predicted molar refractivity (Wildman–Crippen MR) is 186 cm³/mol. The minimum atomic E-state index is -0.183. The number of hydrogen-bond acceptors (Lipinski definition) is 4. The van der Waals surface area contributed by atoms with Crippen molar-refractivity contribution in [1.29, 1.82) is 0 Å². The van der Waals surface area contributed by atoms with Gasteiger partial charge in [-0.1, -0.05) is 34.1 Å². The van der Waals surface area contributed by atoms with E-state index in [1.54, 1.807) is 12.1 Å². The van der Waals surface area contributed by atoms with Crippen molar-refractivity contribution in [3.05, 3.63) is 130 Å². The Kier molecular flexibility index (Phi) is 7.96. The van der Waals surface area contributed by atoms with Gasteiger partial charge in [0.15, 0.2) is 0 Å². The smallest absolute Gasteiger partial charge is 0.123 e. The van der Waals surface area contributed by atoms with E-state index in [9.17, 15) is 4.39 Å². The zero-order valence-electron chi connectivity index (χ0n) is 26.2. The molecular formula is C38H38BrFN6. The zero-order chi connectivity index (χ0) is 31.2. The fraction of sp³-hybridized carbons (Fsp3) is 0.316. The fourth-order valence-corrected chi connectivity index (χ4v) is 8.29. The number of aryl methyl sites for hydroxylation is 4. The molecule has 6 nitrogen and oxygen atoms in total. The van der Waals surface area contributed by atoms with Gasteiger partial charge in [-0.3, -0.25) is 14.9 Å². The average Bonchev–Trinajstić information content (AvgIpc) is 3.57. The van der Waals surface area contributed by atoms with Gasteiger partial charge in [0.2, 0.25) is 0 Å². The van der Waals surface area contributed by atoms with Crippen LogP contribution in [0.2, 0.25) is 0 Å². The summed E-state index contributed by atoms with van der Waals surface area (Å²) in [7, 11) is 2.22. The number of nitrogens with zero attached hydrogens (tertiary/aromatic N) is 6. The second kappa shape index (κ2) is 12.4. The Bertz CT molecular complexity index is 2020. The molecule has 0 N–H and O–H groups in total. The second-order valence-corrected chi connectivity index (χ2v) is 13.6. The molecule has 0 aliphatic carbocycles. The number of aromatic nitrogens is 4. The van der Waals surface area contributed by atoms with E-state index < -0.39 is 0 Å². The van der Waals surface area contributed by atoms with Crippen LogP contribution in [0.1, 0.15) is 44.4 Å². The van der Waals surface area contributed by atoms with E-state index in [0.29, 0.717) is 0 Å². The maximum absolute atomic E-state index is 14.6. The summed E-state index contributed by atoms with van der Waals surface area (Å²) in [6, 6.07) is 24.5. The van der Waals surface area contributed by atoms with E-state index in [4.69, 9.17) is 0 Å². The number of fused-ring (bicyclic) bond motifs is 6. The summed E-state index contributed by atoms with van der Waals surface area (Å²) in [5, 5.41) is 2.38. The number of rotatable bonds is 8. The van der Waals surface area contributed by atoms with Crippen molar-refractivity contribution < 1.29 is 4.39 Å². The lowest BCUT2D eigenvalue weighted by Gasteiger charge is -2.32. The second-order valence-electron chi connectivity index (χ2n) is 12.8. The Hall–Kier alpha value is -3.85. The first-order valence-corrected chi connectivity index (χ1v) is 17.2. The number of halogens is 2. The van der Waals surface area contributed by atoms with Gasteiger partial charge in [-0.2, -0.15) is 0 Å². The summed E-state index contributed by atoms with van der Waals surface area (Å²) < 4.78 is 19.6. The van der Waals surface area contributed by atoms with Crippen molar-refractivity contribution in [3.8, 4) is 0 Å². The highest BCUT2D eigenvalue weighted by Gasteiger charge is 2.29. The highest BCUT2D eigenvalue weighted by atomic mass is 79.9. The predicted octanol–water partition coefficient (Wildman–Crippen LogP) is 7.45. The molecule has 1 unspecified atom stereocenters. The average molecular weight is 678 g/mol. The summed E-state index contributed by atoms with van der Waals surface area (Å²) in [6.07, 6.45) is 7.48. The van der Waals surface area contributed by atoms with E-state index in [-0.39, 0.29) is 10.8 Å². The van der Waals surface area contributed by atoms with Crippen LogP contribution in [-0.2, 0) is 51.9 Å². The SMILES string of the molecule is CN1CCc2c(c3cc(C(Br)N4CCc5c(c6cc(F)ccc6n5CCc5ccccn5)C4)ccc3n2CCc2ccccn2)C1. The molecule has 2 aromatic carbocycles. The molecule has 2 aliphatic rings. The van der Waals surface area contributed by atoms with Gasteiger partial charge in [-0.15, -0.1) is 0 Å². The van der Waals surface area contributed by atoms with E-state index in [1.807, 2.05) is 36.7 Å². The number of benzene rings is 2. The van der Waals surface area contributed by atoms with Crippen LogP contribution < -0.4 is 0 Å². The molecule has 234 valence electrons. The van der Waals surface area contributed by atoms with Crippen LogP contribution in [0.3, 0.4) is 0 Å². The number of alkyl halides is 1. The van der Waals surface area contributed by atoms with Gasteiger partial charge in [0.1, 0.15) is 5.82 Å². The van der Waals surface area contributed by atoms with Gasteiger partial charge in [0, 0.05) is 122 Å². The zero-order valence-corrected chi connectivity index (χ0v) is 27.8. The molecule has 46 heavy (non-hydrogen) atoms. The van der Waals surface area contributed by atoms with Crippen LogP contribution in [0.4, 0.5) is 4.39 Å². The van der Waals surface area contributed by atoms with Gasteiger partial charge in [-0.05, 0) is 78.3 Å². The van der Waals surface area contributed by atoms with Gasteiger partial charge < -0.3 is 14.0 Å². The van der Waals surface area contributed by atoms with E-state index in [2.05, 4.69) is 88.3 Å². The normalized spacial score (nSPS) is 16.2. The molecule has 6 heterocycles. The first kappa shape index (κ1) is 29.5. The molecule has 0 saturated heterocycles. The Balaban J connectivity index is 1.10. The molecule has 6 aromatic rings. The van der Waals surface area contributed by atoms with Crippen molar-refractivity contribution in [2.45, 2.75) is 56.8 Å². The third kappa shape index (κ3) is 5.46. The maximum atomic E-state index is 14.6. The Morgan fingerprint density at radius 2 is 1.35 bits per heavy atom. The van der Waals surface area contributed by atoms with Crippen LogP contribution in [0, 0.1) is 5.82 Å². The molecule has 8 heteroatoms. The Morgan fingerprint density at radius 3 is 2.00 bits per heavy atom. The van der Waals surface area contributed by atoms with Crippen molar-refractivity contribution in [2.75, 3.05) is 20.1 Å². The van der Waals surface area contributed by atoms with Crippen LogP contribution in [0.5, 0.6) is 0 Å². The largest absolute Gasteiger partial charge is 0.344 e. The van der Waals surface area contributed by atoms with Gasteiger partial charge in [0.05, 0.1) is 4.95 Å². The third-order valence-electron chi connectivity index (χ3n) is 9.95. The summed E-state index contributed by atoms with van der Waals surface area (Å²) in [6.45, 7) is 5.50. The van der Waals surface area contributed by atoms with E-state index in [1.165, 1.54) is 39.0 Å². The van der Waals surface area contributed by atoms with Crippen molar-refractivity contribution in [1.82, 2.24) is 28.9 Å². The summed E-state index contributed by atoms with van der Waals surface area (Å²) in [5.41, 5.74) is 11.4. The van der Waals surface area contributed by atoms with Crippen molar-refractivity contribution in [3.63, 3.8) is 0 Å². The lowest BCUT2D eigenvalue weighted by atomic mass is 10.0. The monoisotopic (exact) mass is 676 g/mol. The maximum Gasteiger partial charge on any atom is 0.123 e. The molecule has 0 spiro atoms. The molecule has 8 rings (SSSR count). The highest BCUT2D eigenvalue weighted by Crippen LogP contribution is 2.39. The van der Waals surface area contributed by atoms with Crippen LogP contribution in [0.15, 0.2) is 85.2 Å². The number of likely N-dealkylation sites (N-methyl/N-ethyl adjacent to an activating group) is 1. The van der Waals surface area contributed by atoms with Gasteiger partial charge in [-0.25, -0.2) is 4.39 Å². The van der Waals surface area contributed by atoms with Crippen molar-refractivity contribution in [2.24, 2.45) is 0 Å². The first-order chi connectivity index (χ1) is 22.5. The number of hydrogen-bond donors (Lipinski definition) is 0. The number of pyridine rings is 2. The molecule has 0 amide bonds. The Labute approximate surface area is 277 Å². The topological polar surface area (TPSA) is 42.1 Å². The summed E-state index contributed by atoms with van der Waals surface area (Å²) >= 11 is 4.12. The summed E-state index contributed by atoms with van der Waals surface area (Å²) in [5.74, 6) is -0.183. The molecule has 4 aromatic heterocycles. The van der Waals surface area contributed by atoms with E-state index in [0.717, 1.165) is 87.2 Å². The molecular weight excluding hydrogens is 639 g/mol. The fourth-order valence-electron chi connectivity index (χ4n) is 7.65. The minimum absolute atomic E-state index is 0.0550. The van der Waals surface area contributed by atoms with Crippen LogP contribution >= 0.6 is 15.9 Å². The quantitative estimate of drug-likeness (QED) is 0.124. The van der Waals surface area contributed by atoms with Gasteiger partial charge >= 0.3 is 0 Å². The summed E-state index contributed by atoms with van der Waals surface area (Å²) in [4.78, 5) is 14.1. The first-order valence-electron chi connectivity index (χ1n) is 16.3. The molecule has 0 saturated carbocycles.